The van der Waals surface area contributed by atoms with Gasteiger partial charge in [0.1, 0.15) is 17.2 Å². The second kappa shape index (κ2) is 13.5. The van der Waals surface area contributed by atoms with Crippen LogP contribution in [0.2, 0.25) is 0 Å². The molecule has 6 rings (SSSR count). The number of pyridine rings is 1. The van der Waals surface area contributed by atoms with Crippen molar-refractivity contribution in [2.75, 3.05) is 31.1 Å². The van der Waals surface area contributed by atoms with Gasteiger partial charge in [-0.2, -0.15) is 0 Å². The third kappa shape index (κ3) is 6.53. The second-order valence-electron chi connectivity index (χ2n) is 12.5. The number of para-hydroxylation sites is 2. The van der Waals surface area contributed by atoms with Gasteiger partial charge in [0.05, 0.1) is 28.8 Å². The van der Waals surface area contributed by atoms with E-state index in [-0.39, 0.29) is 17.0 Å². The normalized spacial score (nSPS) is 15.9. The highest BCUT2D eigenvalue weighted by Gasteiger charge is 2.29. The highest BCUT2D eigenvalue weighted by atomic mass is 19.1. The monoisotopic (exact) mass is 601 g/mol. The number of fused-ring (bicyclic) bond motifs is 2. The molecule has 1 aliphatic carbocycles. The van der Waals surface area contributed by atoms with Gasteiger partial charge >= 0.3 is 5.97 Å². The minimum absolute atomic E-state index is 0.132. The topological polar surface area (TPSA) is 83.6 Å². The first-order chi connectivity index (χ1) is 21.4. The molecule has 4 aromatic rings. The van der Waals surface area contributed by atoms with Gasteiger partial charge in [-0.1, -0.05) is 64.0 Å². The zero-order valence-corrected chi connectivity index (χ0v) is 25.8. The fourth-order valence-electron chi connectivity index (χ4n) is 6.65. The maximum Gasteiger partial charge on any atom is 0.341 e. The molecule has 2 aromatic carbocycles. The average Bonchev–Trinajstić information content (AvgIpc) is 3.81. The van der Waals surface area contributed by atoms with Crippen LogP contribution in [0.25, 0.3) is 21.9 Å². The van der Waals surface area contributed by atoms with Crippen LogP contribution in [0.1, 0.15) is 93.4 Å². The predicted octanol–water partition coefficient (Wildman–Crippen LogP) is 6.99. The third-order valence-electron chi connectivity index (χ3n) is 9.32. The Bertz CT molecular complexity index is 1680. The lowest BCUT2D eigenvalue weighted by Gasteiger charge is -2.36. The largest absolute Gasteiger partial charge is 0.477 e. The Hall–Kier alpha value is -3.72. The number of aromatic nitrogens is 3. The molecular formula is C35H44FN5O3. The van der Waals surface area contributed by atoms with Crippen molar-refractivity contribution in [2.24, 2.45) is 0 Å². The summed E-state index contributed by atoms with van der Waals surface area (Å²) in [6.45, 7) is 6.83. The minimum Gasteiger partial charge on any atom is -0.477 e. The molecule has 0 bridgehead atoms. The van der Waals surface area contributed by atoms with E-state index < -0.39 is 17.2 Å². The highest BCUT2D eigenvalue weighted by Crippen LogP contribution is 2.38. The number of hydrogen-bond donors (Lipinski definition) is 1. The van der Waals surface area contributed by atoms with Crippen molar-refractivity contribution in [3.8, 4) is 0 Å². The van der Waals surface area contributed by atoms with Crippen LogP contribution in [0.5, 0.6) is 0 Å². The Labute approximate surface area is 258 Å². The van der Waals surface area contributed by atoms with Gasteiger partial charge in [0.2, 0.25) is 5.43 Å². The molecule has 1 saturated heterocycles. The van der Waals surface area contributed by atoms with Gasteiger partial charge in [-0.05, 0) is 43.5 Å². The minimum atomic E-state index is -1.28. The van der Waals surface area contributed by atoms with Crippen LogP contribution in [0.4, 0.5) is 10.1 Å². The van der Waals surface area contributed by atoms with Gasteiger partial charge in [-0.3, -0.25) is 9.69 Å². The molecule has 0 spiro atoms. The van der Waals surface area contributed by atoms with Gasteiger partial charge < -0.3 is 19.1 Å². The molecule has 0 amide bonds. The van der Waals surface area contributed by atoms with E-state index in [1.165, 1.54) is 62.7 Å². The zero-order chi connectivity index (χ0) is 30.6. The number of anilines is 1. The zero-order valence-electron chi connectivity index (χ0n) is 25.8. The number of nitrogens with zero attached hydrogens (tertiary/aromatic N) is 5. The van der Waals surface area contributed by atoms with Gasteiger partial charge in [0.25, 0.3) is 0 Å². The number of aromatic carboxylic acids is 1. The molecule has 3 heterocycles. The molecule has 1 saturated carbocycles. The van der Waals surface area contributed by atoms with Crippen molar-refractivity contribution in [3.63, 3.8) is 0 Å². The van der Waals surface area contributed by atoms with E-state index in [1.54, 1.807) is 6.07 Å². The number of halogens is 1. The number of carboxylic acid groups (broad SMARTS) is 1. The molecule has 2 aliphatic rings. The molecule has 0 unspecified atom stereocenters. The van der Waals surface area contributed by atoms with Crippen molar-refractivity contribution < 1.29 is 14.3 Å². The van der Waals surface area contributed by atoms with Crippen molar-refractivity contribution in [3.05, 3.63) is 70.0 Å². The molecule has 234 valence electrons. The Morgan fingerprint density at radius 3 is 2.36 bits per heavy atom. The lowest BCUT2D eigenvalue weighted by atomic mass is 10.1. The van der Waals surface area contributed by atoms with E-state index in [2.05, 4.69) is 34.6 Å². The van der Waals surface area contributed by atoms with Crippen LogP contribution in [0.15, 0.2) is 47.4 Å². The molecule has 2 fully saturated rings. The third-order valence-corrected chi connectivity index (χ3v) is 9.32. The fraction of sp³-hybridized carbons (Fsp3) is 0.514. The first-order valence-electron chi connectivity index (χ1n) is 16.5. The van der Waals surface area contributed by atoms with Crippen LogP contribution in [0, 0.1) is 5.82 Å². The summed E-state index contributed by atoms with van der Waals surface area (Å²) in [6, 6.07) is 11.5. The van der Waals surface area contributed by atoms with Crippen molar-refractivity contribution in [1.82, 2.24) is 19.0 Å². The summed E-state index contributed by atoms with van der Waals surface area (Å²) in [6.07, 6.45) is 13.6. The van der Waals surface area contributed by atoms with Crippen LogP contribution in [-0.2, 0) is 13.1 Å². The van der Waals surface area contributed by atoms with Gasteiger partial charge in [-0.25, -0.2) is 14.2 Å². The molecule has 1 aliphatic heterocycles. The van der Waals surface area contributed by atoms with Crippen LogP contribution in [-0.4, -0.2) is 56.3 Å². The summed E-state index contributed by atoms with van der Waals surface area (Å²) in [5.41, 5.74) is 2.36. The summed E-state index contributed by atoms with van der Waals surface area (Å²) >= 11 is 0. The maximum absolute atomic E-state index is 15.5. The van der Waals surface area contributed by atoms with Crippen LogP contribution < -0.4 is 10.3 Å². The summed E-state index contributed by atoms with van der Waals surface area (Å²) in [7, 11) is 0. The van der Waals surface area contributed by atoms with E-state index in [1.807, 2.05) is 15.5 Å². The predicted molar refractivity (Wildman–Crippen MR) is 173 cm³/mol. The Morgan fingerprint density at radius 1 is 0.955 bits per heavy atom. The number of piperazine rings is 1. The second-order valence-corrected chi connectivity index (χ2v) is 12.5. The highest BCUT2D eigenvalue weighted by molar-refractivity contribution is 5.93. The Morgan fingerprint density at radius 2 is 1.66 bits per heavy atom. The number of aryl methyl sites for hydroxylation is 1. The number of unbranched alkanes of at least 4 members (excludes halogenated alkanes) is 7. The molecule has 2 aromatic heterocycles. The number of benzene rings is 2. The Kier molecular flexibility index (Phi) is 9.31. The fourth-order valence-corrected chi connectivity index (χ4v) is 6.65. The lowest BCUT2D eigenvalue weighted by Crippen LogP contribution is -2.46. The SMILES string of the molecule is CCCCCCCCCCn1c(CN2CCN(c3cc4c(cc3F)c(=O)c(C(=O)O)cn4C3CC3)CC2)nc2ccccc21. The molecule has 8 nitrogen and oxygen atoms in total. The van der Waals surface area contributed by atoms with E-state index in [9.17, 15) is 14.7 Å². The smallest absolute Gasteiger partial charge is 0.341 e. The number of imidazole rings is 1. The van der Waals surface area contributed by atoms with Gasteiger partial charge in [0.15, 0.2) is 0 Å². The quantitative estimate of drug-likeness (QED) is 0.157. The Balaban J connectivity index is 1.13. The van der Waals surface area contributed by atoms with E-state index in [4.69, 9.17) is 4.98 Å². The summed E-state index contributed by atoms with van der Waals surface area (Å²) in [5, 5.41) is 9.67. The van der Waals surface area contributed by atoms with Crippen molar-refractivity contribution in [2.45, 2.75) is 90.3 Å². The molecule has 0 atom stereocenters. The summed E-state index contributed by atoms with van der Waals surface area (Å²) < 4.78 is 19.7. The van der Waals surface area contributed by atoms with E-state index in [0.717, 1.165) is 56.8 Å². The summed E-state index contributed by atoms with van der Waals surface area (Å²) in [5.74, 6) is -0.680. The molecule has 9 heteroatoms. The molecule has 44 heavy (non-hydrogen) atoms. The van der Waals surface area contributed by atoms with Crippen LogP contribution >= 0.6 is 0 Å². The molecule has 1 N–H and O–H groups in total. The standard InChI is InChI=1S/C35H44FN5O3/c1-2-3-4-5-6-7-8-11-16-40-30-13-10-9-12-29(30)37-33(40)24-38-17-19-39(20-18-38)32-22-31-26(21-28(32)36)34(42)27(35(43)44)23-41(31)25-14-15-25/h9-10,12-13,21-23,25H,2-8,11,14-20,24H2,1H3,(H,43,44). The number of rotatable bonds is 14. The average molecular weight is 602 g/mol. The van der Waals surface area contributed by atoms with Crippen molar-refractivity contribution >= 4 is 33.6 Å². The number of hydrogen-bond acceptors (Lipinski definition) is 5. The first-order valence-corrected chi connectivity index (χ1v) is 16.5. The van der Waals surface area contributed by atoms with E-state index in [0.29, 0.717) is 24.3 Å². The first kappa shape index (κ1) is 30.3. The summed E-state index contributed by atoms with van der Waals surface area (Å²) in [4.78, 5) is 34.0. The van der Waals surface area contributed by atoms with Crippen LogP contribution in [0.3, 0.4) is 0 Å². The van der Waals surface area contributed by atoms with E-state index >= 15 is 4.39 Å². The number of carboxylic acids is 1. The lowest BCUT2D eigenvalue weighted by molar-refractivity contribution is 0.0695. The molecule has 0 radical (unpaired) electrons. The molecular weight excluding hydrogens is 557 g/mol. The van der Waals surface area contributed by atoms with Crippen molar-refractivity contribution in [1.29, 1.82) is 0 Å². The number of carbonyl (C=O) groups is 1. The maximum atomic E-state index is 15.5. The van der Waals surface area contributed by atoms with Gasteiger partial charge in [0, 0.05) is 50.3 Å². The van der Waals surface area contributed by atoms with Gasteiger partial charge in [-0.15, -0.1) is 0 Å².